The van der Waals surface area contributed by atoms with Gasteiger partial charge in [0, 0.05) is 37.7 Å². The number of piperidine rings is 1. The molecule has 2 amide bonds. The molecule has 1 fully saturated rings. The van der Waals surface area contributed by atoms with Crippen LogP contribution in [0.25, 0.3) is 0 Å². The van der Waals surface area contributed by atoms with Crippen molar-refractivity contribution in [3.05, 3.63) is 46.5 Å². The fourth-order valence-electron chi connectivity index (χ4n) is 4.06. The van der Waals surface area contributed by atoms with E-state index < -0.39 is 0 Å². The zero-order valence-corrected chi connectivity index (χ0v) is 18.3. The third kappa shape index (κ3) is 4.65. The van der Waals surface area contributed by atoms with Crippen LogP contribution in [0.15, 0.2) is 18.2 Å². The summed E-state index contributed by atoms with van der Waals surface area (Å²) in [5, 5.41) is 14.8. The predicted molar refractivity (Wildman–Crippen MR) is 116 cm³/mol. The fourth-order valence-corrected chi connectivity index (χ4v) is 4.06. The Morgan fingerprint density at radius 3 is 2.63 bits per heavy atom. The van der Waals surface area contributed by atoms with E-state index in [1.807, 2.05) is 30.9 Å². The Balaban J connectivity index is 0.00000256. The van der Waals surface area contributed by atoms with Crippen molar-refractivity contribution in [2.45, 2.75) is 45.7 Å². The molecule has 0 aliphatic carbocycles. The van der Waals surface area contributed by atoms with E-state index in [1.165, 1.54) is 0 Å². The average Bonchev–Trinajstić information content (AvgIpc) is 3.18. The summed E-state index contributed by atoms with van der Waals surface area (Å²) in [7, 11) is 0. The van der Waals surface area contributed by atoms with Gasteiger partial charge in [-0.05, 0) is 49.9 Å². The number of nitrogens with one attached hydrogen (secondary N) is 2. The summed E-state index contributed by atoms with van der Waals surface area (Å²) < 4.78 is 2.22. The number of rotatable bonds is 4. The first-order valence-electron chi connectivity index (χ1n) is 10.3. The molecule has 0 saturated carbocycles. The Labute approximate surface area is 182 Å². The van der Waals surface area contributed by atoms with E-state index in [-0.39, 0.29) is 30.8 Å². The lowest BCUT2D eigenvalue weighted by Gasteiger charge is -2.32. The van der Waals surface area contributed by atoms with Gasteiger partial charge in [0.2, 0.25) is 5.91 Å². The first-order chi connectivity index (χ1) is 14.0. The van der Waals surface area contributed by atoms with Crippen LogP contribution in [0.4, 0.5) is 0 Å². The second-order valence-electron chi connectivity index (χ2n) is 7.94. The molecule has 2 N–H and O–H groups in total. The minimum Gasteiger partial charge on any atom is -0.343 e. The fraction of sp³-hybridized carbons (Fsp3) is 0.524. The van der Waals surface area contributed by atoms with Gasteiger partial charge in [-0.25, -0.2) is 0 Å². The molecule has 2 aromatic rings. The molecule has 0 spiro atoms. The van der Waals surface area contributed by atoms with Crippen molar-refractivity contribution in [3.63, 3.8) is 0 Å². The van der Waals surface area contributed by atoms with Gasteiger partial charge in [-0.3, -0.25) is 9.59 Å². The number of hydrogen-bond donors (Lipinski definition) is 2. The molecule has 1 saturated heterocycles. The Bertz CT molecular complexity index is 920. The molecule has 162 valence electrons. The summed E-state index contributed by atoms with van der Waals surface area (Å²) >= 11 is 0. The number of likely N-dealkylation sites (tertiary alicyclic amines) is 1. The predicted octanol–water partition coefficient (Wildman–Crippen LogP) is 1.56. The SMILES string of the molecule is Cc1ccc(C(=O)NCC(=O)N2CCC(c3nnc4n3CCNC4)CC2)cc1C.Cl. The van der Waals surface area contributed by atoms with Crippen molar-refractivity contribution >= 4 is 24.2 Å². The van der Waals surface area contributed by atoms with E-state index >= 15 is 0 Å². The number of aromatic nitrogens is 3. The highest BCUT2D eigenvalue weighted by molar-refractivity contribution is 5.96. The molecule has 8 nitrogen and oxygen atoms in total. The minimum absolute atomic E-state index is 0. The topological polar surface area (TPSA) is 92.2 Å². The van der Waals surface area contributed by atoms with Crippen molar-refractivity contribution in [1.29, 1.82) is 0 Å². The number of hydrogen-bond acceptors (Lipinski definition) is 5. The summed E-state index contributed by atoms with van der Waals surface area (Å²) in [5.41, 5.74) is 2.80. The third-order valence-electron chi connectivity index (χ3n) is 6.03. The lowest BCUT2D eigenvalue weighted by Crippen LogP contribution is -2.44. The molecule has 9 heteroatoms. The van der Waals surface area contributed by atoms with Crippen LogP contribution in [0, 0.1) is 13.8 Å². The number of aryl methyl sites for hydroxylation is 2. The standard InChI is InChI=1S/C21H28N6O2.ClH/c1-14-3-4-17(11-15(14)2)21(29)23-13-19(28)26-8-5-16(6-9-26)20-25-24-18-12-22-7-10-27(18)20;/h3-4,11,16,22H,5-10,12-13H2,1-2H3,(H,23,29);1H. The van der Waals surface area contributed by atoms with Gasteiger partial charge in [-0.1, -0.05) is 6.07 Å². The molecule has 2 aliphatic rings. The van der Waals surface area contributed by atoms with Crippen molar-refractivity contribution in [1.82, 2.24) is 30.3 Å². The number of carbonyl (C=O) groups excluding carboxylic acids is 2. The van der Waals surface area contributed by atoms with E-state index in [9.17, 15) is 9.59 Å². The highest BCUT2D eigenvalue weighted by Gasteiger charge is 2.28. The zero-order valence-electron chi connectivity index (χ0n) is 17.5. The van der Waals surface area contributed by atoms with Gasteiger partial charge in [-0.15, -0.1) is 22.6 Å². The monoisotopic (exact) mass is 432 g/mol. The van der Waals surface area contributed by atoms with Crippen molar-refractivity contribution in [3.8, 4) is 0 Å². The molecule has 0 atom stereocenters. The van der Waals surface area contributed by atoms with Gasteiger partial charge in [0.05, 0.1) is 13.1 Å². The van der Waals surface area contributed by atoms with E-state index in [1.54, 1.807) is 6.07 Å². The molecular formula is C21H29ClN6O2. The Hall–Kier alpha value is -2.45. The number of nitrogens with zero attached hydrogens (tertiary/aromatic N) is 4. The Kier molecular flexibility index (Phi) is 7.10. The number of halogens is 1. The van der Waals surface area contributed by atoms with Crippen molar-refractivity contribution in [2.24, 2.45) is 0 Å². The normalized spacial score (nSPS) is 16.5. The largest absolute Gasteiger partial charge is 0.343 e. The Morgan fingerprint density at radius 2 is 1.90 bits per heavy atom. The maximum Gasteiger partial charge on any atom is 0.251 e. The number of fused-ring (bicyclic) bond motifs is 1. The van der Waals surface area contributed by atoms with Crippen LogP contribution in [0.2, 0.25) is 0 Å². The summed E-state index contributed by atoms with van der Waals surface area (Å²) in [5.74, 6) is 2.15. The van der Waals surface area contributed by atoms with Gasteiger partial charge in [0.1, 0.15) is 11.6 Å². The molecule has 4 rings (SSSR count). The van der Waals surface area contributed by atoms with Crippen LogP contribution in [0.3, 0.4) is 0 Å². The van der Waals surface area contributed by atoms with Crippen LogP contribution in [-0.2, 0) is 17.9 Å². The third-order valence-corrected chi connectivity index (χ3v) is 6.03. The molecular weight excluding hydrogens is 404 g/mol. The van der Waals surface area contributed by atoms with Gasteiger partial charge >= 0.3 is 0 Å². The van der Waals surface area contributed by atoms with E-state index in [4.69, 9.17) is 0 Å². The van der Waals surface area contributed by atoms with Gasteiger partial charge in [0.25, 0.3) is 5.91 Å². The second kappa shape index (κ2) is 9.57. The van der Waals surface area contributed by atoms with E-state index in [2.05, 4.69) is 25.4 Å². The molecule has 1 aromatic heterocycles. The number of amides is 2. The van der Waals surface area contributed by atoms with Crippen LogP contribution in [0.5, 0.6) is 0 Å². The number of carbonyl (C=O) groups is 2. The zero-order chi connectivity index (χ0) is 20.4. The highest BCUT2D eigenvalue weighted by atomic mass is 35.5. The highest BCUT2D eigenvalue weighted by Crippen LogP contribution is 2.27. The quantitative estimate of drug-likeness (QED) is 0.764. The Morgan fingerprint density at radius 1 is 1.13 bits per heavy atom. The van der Waals surface area contributed by atoms with Crippen molar-refractivity contribution in [2.75, 3.05) is 26.2 Å². The van der Waals surface area contributed by atoms with Crippen LogP contribution in [0.1, 0.15) is 51.9 Å². The minimum atomic E-state index is -0.208. The summed E-state index contributed by atoms with van der Waals surface area (Å²) in [6, 6.07) is 5.58. The average molecular weight is 433 g/mol. The molecule has 0 unspecified atom stereocenters. The molecule has 0 radical (unpaired) electrons. The van der Waals surface area contributed by atoms with Gasteiger partial charge in [-0.2, -0.15) is 0 Å². The van der Waals surface area contributed by atoms with Crippen LogP contribution in [-0.4, -0.2) is 57.7 Å². The molecule has 30 heavy (non-hydrogen) atoms. The second-order valence-corrected chi connectivity index (χ2v) is 7.94. The first kappa shape index (κ1) is 22.2. The lowest BCUT2D eigenvalue weighted by molar-refractivity contribution is -0.131. The molecule has 2 aliphatic heterocycles. The maximum absolute atomic E-state index is 12.6. The van der Waals surface area contributed by atoms with Crippen molar-refractivity contribution < 1.29 is 9.59 Å². The maximum atomic E-state index is 12.6. The first-order valence-corrected chi connectivity index (χ1v) is 10.3. The van der Waals surface area contributed by atoms with E-state index in [0.717, 1.165) is 55.3 Å². The summed E-state index contributed by atoms with van der Waals surface area (Å²) in [4.78, 5) is 26.7. The summed E-state index contributed by atoms with van der Waals surface area (Å²) in [6.07, 6.45) is 1.75. The smallest absolute Gasteiger partial charge is 0.251 e. The summed E-state index contributed by atoms with van der Waals surface area (Å²) in [6.45, 7) is 8.00. The number of benzene rings is 1. The van der Waals surface area contributed by atoms with Crippen LogP contribution >= 0.6 is 12.4 Å². The van der Waals surface area contributed by atoms with Gasteiger partial charge < -0.3 is 20.1 Å². The molecule has 3 heterocycles. The molecule has 0 bridgehead atoms. The van der Waals surface area contributed by atoms with Gasteiger partial charge in [0.15, 0.2) is 0 Å². The lowest BCUT2D eigenvalue weighted by atomic mass is 9.95. The van der Waals surface area contributed by atoms with E-state index in [0.29, 0.717) is 24.6 Å². The van der Waals surface area contributed by atoms with Crippen LogP contribution < -0.4 is 10.6 Å². The molecule has 1 aromatic carbocycles.